The molecule has 2 aliphatic heterocycles. The molecule has 3 heterocycles. The highest BCUT2D eigenvalue weighted by Gasteiger charge is 2.33. The topological polar surface area (TPSA) is 69.8 Å². The van der Waals surface area contributed by atoms with Gasteiger partial charge in [-0.3, -0.25) is 15.0 Å². The van der Waals surface area contributed by atoms with Crippen molar-refractivity contribution >= 4 is 22.0 Å². The molecule has 0 bridgehead atoms. The van der Waals surface area contributed by atoms with E-state index in [0.717, 1.165) is 26.2 Å². The number of anilines is 1. The van der Waals surface area contributed by atoms with Crippen LogP contribution in [0.4, 0.5) is 10.7 Å². The minimum atomic E-state index is -0.654. The van der Waals surface area contributed by atoms with Crippen LogP contribution in [0, 0.1) is 10.1 Å². The van der Waals surface area contributed by atoms with Crippen LogP contribution in [0.5, 0.6) is 0 Å². The lowest BCUT2D eigenvalue weighted by Gasteiger charge is -2.44. The lowest BCUT2D eigenvalue weighted by Crippen LogP contribution is -2.54. The standard InChI is InChI=1S/C14H21N3O3S/c1-10(18)13-8-12(17(19)20)14(21-13)16-7-6-15-5-3-2-4-11(15)9-16/h8,10-11,18H,2-7,9H2,1H3/t10-,11?/m0/s1. The first-order valence-corrected chi connectivity index (χ1v) is 8.33. The molecule has 6 nitrogen and oxygen atoms in total. The van der Waals surface area contributed by atoms with Crippen LogP contribution in [0.2, 0.25) is 0 Å². The second kappa shape index (κ2) is 5.90. The summed E-state index contributed by atoms with van der Waals surface area (Å²) in [6.45, 7) is 5.48. The van der Waals surface area contributed by atoms with E-state index >= 15 is 0 Å². The van der Waals surface area contributed by atoms with E-state index in [0.29, 0.717) is 15.9 Å². The van der Waals surface area contributed by atoms with E-state index in [4.69, 9.17) is 0 Å². The maximum absolute atomic E-state index is 11.3. The molecule has 2 saturated heterocycles. The van der Waals surface area contributed by atoms with Gasteiger partial charge in [-0.05, 0) is 26.3 Å². The summed E-state index contributed by atoms with van der Waals surface area (Å²) in [5.41, 5.74) is 0.139. The van der Waals surface area contributed by atoms with E-state index in [9.17, 15) is 15.2 Å². The van der Waals surface area contributed by atoms with Gasteiger partial charge in [0.25, 0.3) is 0 Å². The zero-order chi connectivity index (χ0) is 15.0. The fourth-order valence-corrected chi connectivity index (χ4v) is 4.39. The number of fused-ring (bicyclic) bond motifs is 1. The van der Waals surface area contributed by atoms with Gasteiger partial charge in [-0.2, -0.15) is 0 Å². The van der Waals surface area contributed by atoms with Crippen molar-refractivity contribution in [1.29, 1.82) is 0 Å². The van der Waals surface area contributed by atoms with Crippen molar-refractivity contribution in [3.63, 3.8) is 0 Å². The Balaban J connectivity index is 1.84. The summed E-state index contributed by atoms with van der Waals surface area (Å²) >= 11 is 1.36. The van der Waals surface area contributed by atoms with Crippen LogP contribution in [0.3, 0.4) is 0 Å². The number of piperidine rings is 1. The van der Waals surface area contributed by atoms with E-state index in [1.807, 2.05) is 0 Å². The molecular formula is C14H21N3O3S. The number of nitrogens with zero attached hydrogens (tertiary/aromatic N) is 3. The first-order valence-electron chi connectivity index (χ1n) is 7.51. The fourth-order valence-electron chi connectivity index (χ4n) is 3.29. The average Bonchev–Trinajstić information content (AvgIpc) is 2.92. The fraction of sp³-hybridized carbons (Fsp3) is 0.714. The van der Waals surface area contributed by atoms with Crippen LogP contribution >= 0.6 is 11.3 Å². The van der Waals surface area contributed by atoms with Crippen LogP contribution in [0.15, 0.2) is 6.07 Å². The third kappa shape index (κ3) is 2.90. The summed E-state index contributed by atoms with van der Waals surface area (Å²) in [5, 5.41) is 21.7. The molecule has 0 saturated carbocycles. The first kappa shape index (κ1) is 14.7. The summed E-state index contributed by atoms with van der Waals surface area (Å²) in [7, 11) is 0. The molecule has 116 valence electrons. The van der Waals surface area contributed by atoms with Crippen molar-refractivity contribution in [1.82, 2.24) is 4.90 Å². The molecule has 7 heteroatoms. The molecule has 21 heavy (non-hydrogen) atoms. The second-order valence-electron chi connectivity index (χ2n) is 5.90. The number of hydrogen-bond acceptors (Lipinski definition) is 6. The second-order valence-corrected chi connectivity index (χ2v) is 6.97. The molecule has 1 aromatic rings. The van der Waals surface area contributed by atoms with Crippen LogP contribution in [-0.4, -0.2) is 47.2 Å². The van der Waals surface area contributed by atoms with E-state index in [1.165, 1.54) is 36.7 Å². The highest BCUT2D eigenvalue weighted by molar-refractivity contribution is 7.16. The molecule has 0 radical (unpaired) electrons. The monoisotopic (exact) mass is 311 g/mol. The van der Waals surface area contributed by atoms with E-state index in [2.05, 4.69) is 9.80 Å². The van der Waals surface area contributed by atoms with Crippen molar-refractivity contribution in [2.24, 2.45) is 0 Å². The molecule has 2 atom stereocenters. The molecule has 0 amide bonds. The largest absolute Gasteiger partial charge is 0.388 e. The number of aliphatic hydroxyl groups excluding tert-OH is 1. The van der Waals surface area contributed by atoms with E-state index < -0.39 is 6.10 Å². The third-order valence-electron chi connectivity index (χ3n) is 4.45. The van der Waals surface area contributed by atoms with Crippen molar-refractivity contribution in [2.75, 3.05) is 31.1 Å². The van der Waals surface area contributed by atoms with Gasteiger partial charge in [-0.1, -0.05) is 6.42 Å². The molecule has 1 N–H and O–H groups in total. The van der Waals surface area contributed by atoms with E-state index in [1.54, 1.807) is 6.92 Å². The molecule has 0 spiro atoms. The molecule has 3 rings (SSSR count). The Bertz CT molecular complexity index is 532. The van der Waals surface area contributed by atoms with Gasteiger partial charge in [0.1, 0.15) is 0 Å². The predicted octanol–water partition coefficient (Wildman–Crippen LogP) is 2.38. The van der Waals surface area contributed by atoms with Crippen LogP contribution in [0.25, 0.3) is 0 Å². The quantitative estimate of drug-likeness (QED) is 0.685. The smallest absolute Gasteiger partial charge is 0.304 e. The van der Waals surface area contributed by atoms with Gasteiger partial charge in [-0.15, -0.1) is 11.3 Å². The van der Waals surface area contributed by atoms with Crippen LogP contribution < -0.4 is 4.90 Å². The van der Waals surface area contributed by atoms with Gasteiger partial charge in [0.05, 0.1) is 11.0 Å². The number of hydrogen-bond donors (Lipinski definition) is 1. The molecule has 0 aliphatic carbocycles. The highest BCUT2D eigenvalue weighted by atomic mass is 32.1. The molecule has 0 aromatic carbocycles. The third-order valence-corrected chi connectivity index (χ3v) is 5.80. The van der Waals surface area contributed by atoms with Crippen LogP contribution in [0.1, 0.15) is 37.2 Å². The number of nitro groups is 1. The SMILES string of the molecule is C[C@H](O)c1cc([N+](=O)[O-])c(N2CCN3CCCCC3C2)s1. The first-order chi connectivity index (χ1) is 10.1. The number of rotatable bonds is 3. The molecular weight excluding hydrogens is 290 g/mol. The van der Waals surface area contributed by atoms with Gasteiger partial charge in [0, 0.05) is 36.6 Å². The Morgan fingerprint density at radius 3 is 2.95 bits per heavy atom. The Morgan fingerprint density at radius 1 is 1.43 bits per heavy atom. The van der Waals surface area contributed by atoms with Crippen molar-refractivity contribution in [3.8, 4) is 0 Å². The summed E-state index contributed by atoms with van der Waals surface area (Å²) in [6, 6.07) is 2.04. The zero-order valence-electron chi connectivity index (χ0n) is 12.2. The summed E-state index contributed by atoms with van der Waals surface area (Å²) in [4.78, 5) is 16.3. The summed E-state index contributed by atoms with van der Waals surface area (Å²) in [6.07, 6.45) is 3.04. The zero-order valence-corrected chi connectivity index (χ0v) is 13.0. The Hall–Kier alpha value is -1.18. The van der Waals surface area contributed by atoms with Crippen molar-refractivity contribution < 1.29 is 10.0 Å². The molecule has 2 aliphatic rings. The van der Waals surface area contributed by atoms with Gasteiger partial charge in [0.2, 0.25) is 0 Å². The normalized spacial score (nSPS) is 24.7. The minimum absolute atomic E-state index is 0.139. The minimum Gasteiger partial charge on any atom is -0.388 e. The number of aliphatic hydroxyl groups is 1. The Kier molecular flexibility index (Phi) is 4.14. The molecule has 2 fully saturated rings. The summed E-state index contributed by atoms with van der Waals surface area (Å²) in [5.74, 6) is 0. The Labute approximate surface area is 128 Å². The summed E-state index contributed by atoms with van der Waals surface area (Å²) < 4.78 is 0. The van der Waals surface area contributed by atoms with E-state index in [-0.39, 0.29) is 10.6 Å². The van der Waals surface area contributed by atoms with Gasteiger partial charge in [0.15, 0.2) is 5.00 Å². The Morgan fingerprint density at radius 2 is 2.24 bits per heavy atom. The highest BCUT2D eigenvalue weighted by Crippen LogP contribution is 2.41. The maximum atomic E-state index is 11.3. The maximum Gasteiger partial charge on any atom is 0.304 e. The van der Waals surface area contributed by atoms with Crippen molar-refractivity contribution in [2.45, 2.75) is 38.3 Å². The van der Waals surface area contributed by atoms with Gasteiger partial charge < -0.3 is 10.0 Å². The predicted molar refractivity (Wildman–Crippen MR) is 83.0 cm³/mol. The lowest BCUT2D eigenvalue weighted by molar-refractivity contribution is -0.383. The number of piperazine rings is 1. The van der Waals surface area contributed by atoms with Crippen LogP contribution in [-0.2, 0) is 0 Å². The number of thiophene rings is 1. The van der Waals surface area contributed by atoms with Gasteiger partial charge >= 0.3 is 5.69 Å². The molecule has 1 unspecified atom stereocenters. The van der Waals surface area contributed by atoms with Gasteiger partial charge in [-0.25, -0.2) is 0 Å². The average molecular weight is 311 g/mol. The lowest BCUT2D eigenvalue weighted by atomic mass is 10.00. The molecule has 1 aromatic heterocycles. The van der Waals surface area contributed by atoms with Crippen molar-refractivity contribution in [3.05, 3.63) is 21.1 Å².